The molecule has 0 aromatic heterocycles. The summed E-state index contributed by atoms with van der Waals surface area (Å²) < 4.78 is 0. The Morgan fingerprint density at radius 2 is 1.73 bits per heavy atom. The number of likely N-dealkylation sites (N-methyl/N-ethyl adjacent to an activating group) is 1. The first-order chi connectivity index (χ1) is 10.7. The molecule has 22 heavy (non-hydrogen) atoms. The molecular weight excluding hydrogens is 272 g/mol. The van der Waals surface area contributed by atoms with E-state index in [1.165, 1.54) is 5.56 Å². The van der Waals surface area contributed by atoms with Crippen LogP contribution in [0, 0.1) is 0 Å². The largest absolute Gasteiger partial charge is 0.304 e. The first-order valence-corrected chi connectivity index (χ1v) is 7.90. The average Bonchev–Trinajstić information content (AvgIpc) is 2.54. The van der Waals surface area contributed by atoms with Gasteiger partial charge in [0, 0.05) is 49.2 Å². The molecule has 0 unspecified atom stereocenters. The Labute approximate surface area is 130 Å². The molecule has 3 nitrogen and oxygen atoms in total. The molecule has 3 heteroatoms. The number of carbonyl (C=O) groups excluding carboxylic acids is 1. The number of Topliss-reactive ketones (excluding diaryl/α,β-unsaturated/α-hetero) is 1. The van der Waals surface area contributed by atoms with Crippen molar-refractivity contribution in [1.29, 1.82) is 0 Å². The van der Waals surface area contributed by atoms with Crippen molar-refractivity contribution < 1.29 is 4.79 Å². The van der Waals surface area contributed by atoms with Gasteiger partial charge in [0.15, 0.2) is 5.78 Å². The Morgan fingerprint density at radius 3 is 2.50 bits per heavy atom. The maximum Gasteiger partial charge on any atom is 0.190 e. The van der Waals surface area contributed by atoms with Crippen LogP contribution in [-0.4, -0.2) is 55.4 Å². The molecule has 4 rings (SSSR count). The normalized spacial score (nSPS) is 19.5. The van der Waals surface area contributed by atoms with Gasteiger partial charge in [0.05, 0.1) is 0 Å². The van der Waals surface area contributed by atoms with Crippen LogP contribution in [0.5, 0.6) is 0 Å². The highest BCUT2D eigenvalue weighted by atomic mass is 16.1. The third kappa shape index (κ3) is 2.27. The molecule has 0 radical (unpaired) electrons. The number of rotatable bonds is 2. The second-order valence-corrected chi connectivity index (χ2v) is 6.33. The molecule has 2 aromatic rings. The van der Waals surface area contributed by atoms with E-state index in [1.54, 1.807) is 0 Å². The minimum absolute atomic E-state index is 0.197. The molecule has 0 N–H and O–H groups in total. The molecule has 1 saturated heterocycles. The van der Waals surface area contributed by atoms with Crippen molar-refractivity contribution in [1.82, 2.24) is 9.80 Å². The number of hydrogen-bond donors (Lipinski definition) is 0. The minimum Gasteiger partial charge on any atom is -0.304 e. The van der Waals surface area contributed by atoms with Gasteiger partial charge in [0.2, 0.25) is 0 Å². The van der Waals surface area contributed by atoms with E-state index >= 15 is 0 Å². The van der Waals surface area contributed by atoms with Crippen LogP contribution in [0.15, 0.2) is 42.0 Å². The second kappa shape index (κ2) is 5.34. The fourth-order valence-electron chi connectivity index (χ4n) is 3.47. The summed E-state index contributed by atoms with van der Waals surface area (Å²) in [6, 6.07) is 12.3. The molecule has 2 aromatic carbocycles. The van der Waals surface area contributed by atoms with E-state index in [2.05, 4.69) is 47.2 Å². The Morgan fingerprint density at radius 1 is 1.00 bits per heavy atom. The van der Waals surface area contributed by atoms with Crippen LogP contribution in [-0.2, 0) is 0 Å². The average molecular weight is 292 g/mol. The van der Waals surface area contributed by atoms with Crippen LogP contribution in [0.25, 0.3) is 16.8 Å². The van der Waals surface area contributed by atoms with E-state index in [0.29, 0.717) is 0 Å². The summed E-state index contributed by atoms with van der Waals surface area (Å²) in [4.78, 5) is 17.6. The van der Waals surface area contributed by atoms with Gasteiger partial charge >= 0.3 is 0 Å². The second-order valence-electron chi connectivity index (χ2n) is 6.33. The van der Waals surface area contributed by atoms with E-state index in [-0.39, 0.29) is 5.78 Å². The van der Waals surface area contributed by atoms with Crippen LogP contribution < -0.4 is 0 Å². The van der Waals surface area contributed by atoms with Gasteiger partial charge in [-0.2, -0.15) is 0 Å². The van der Waals surface area contributed by atoms with Gasteiger partial charge in [0.25, 0.3) is 0 Å². The molecule has 1 aliphatic heterocycles. The first-order valence-electron chi connectivity index (χ1n) is 7.90. The number of carbonyl (C=O) groups is 1. The number of ketones is 1. The summed E-state index contributed by atoms with van der Waals surface area (Å²) in [6.45, 7) is 4.98. The van der Waals surface area contributed by atoms with Crippen molar-refractivity contribution in [2.75, 3.05) is 39.8 Å². The van der Waals surface area contributed by atoms with E-state index in [9.17, 15) is 4.79 Å². The molecule has 1 aliphatic carbocycles. The minimum atomic E-state index is 0.197. The fraction of sp³-hybridized carbons (Fsp3) is 0.316. The van der Waals surface area contributed by atoms with Crippen LogP contribution >= 0.6 is 0 Å². The highest BCUT2D eigenvalue weighted by Gasteiger charge is 2.24. The Hall–Kier alpha value is -1.97. The maximum atomic E-state index is 12.8. The molecule has 1 heterocycles. The summed E-state index contributed by atoms with van der Waals surface area (Å²) in [6.07, 6.45) is 2.09. The van der Waals surface area contributed by atoms with E-state index in [4.69, 9.17) is 0 Å². The maximum absolute atomic E-state index is 12.8. The Bertz CT molecular complexity index is 765. The molecule has 0 amide bonds. The standard InChI is InChI=1S/C19H20N2O/c1-20-8-10-21(11-9-20)13-16-12-15-6-2-4-14-5-3-7-17(18(14)15)19(16)22/h2-7,12H,8-11,13H2,1H3. The number of hydrogen-bond acceptors (Lipinski definition) is 3. The molecule has 0 saturated carbocycles. The smallest absolute Gasteiger partial charge is 0.190 e. The number of nitrogens with zero attached hydrogens (tertiary/aromatic N) is 2. The zero-order valence-corrected chi connectivity index (χ0v) is 12.9. The van der Waals surface area contributed by atoms with Crippen molar-refractivity contribution >= 4 is 22.6 Å². The number of benzene rings is 2. The quantitative estimate of drug-likeness (QED) is 0.850. The van der Waals surface area contributed by atoms with E-state index in [0.717, 1.165) is 54.6 Å². The Balaban J connectivity index is 1.69. The van der Waals surface area contributed by atoms with Crippen LogP contribution in [0.2, 0.25) is 0 Å². The van der Waals surface area contributed by atoms with Gasteiger partial charge in [-0.25, -0.2) is 0 Å². The zero-order chi connectivity index (χ0) is 15.1. The third-order valence-corrected chi connectivity index (χ3v) is 4.79. The molecular formula is C19H20N2O. The highest BCUT2D eigenvalue weighted by molar-refractivity contribution is 6.22. The highest BCUT2D eigenvalue weighted by Crippen LogP contribution is 2.31. The van der Waals surface area contributed by atoms with E-state index < -0.39 is 0 Å². The van der Waals surface area contributed by atoms with Gasteiger partial charge in [-0.15, -0.1) is 0 Å². The van der Waals surface area contributed by atoms with Crippen LogP contribution in [0.1, 0.15) is 15.9 Å². The van der Waals surface area contributed by atoms with Crippen LogP contribution in [0.3, 0.4) is 0 Å². The summed E-state index contributed by atoms with van der Waals surface area (Å²) in [5.74, 6) is 0.197. The van der Waals surface area contributed by atoms with Crippen molar-refractivity contribution in [2.24, 2.45) is 0 Å². The van der Waals surface area contributed by atoms with Crippen molar-refractivity contribution in [2.45, 2.75) is 0 Å². The number of piperazine rings is 1. The van der Waals surface area contributed by atoms with Gasteiger partial charge in [0.1, 0.15) is 0 Å². The van der Waals surface area contributed by atoms with Gasteiger partial charge < -0.3 is 4.90 Å². The molecule has 0 spiro atoms. The van der Waals surface area contributed by atoms with Crippen molar-refractivity contribution in [3.63, 3.8) is 0 Å². The monoisotopic (exact) mass is 292 g/mol. The lowest BCUT2D eigenvalue weighted by Crippen LogP contribution is -2.45. The molecule has 112 valence electrons. The lowest BCUT2D eigenvalue weighted by atomic mass is 9.88. The predicted molar refractivity (Wildman–Crippen MR) is 90.2 cm³/mol. The summed E-state index contributed by atoms with van der Waals surface area (Å²) in [5.41, 5.74) is 2.97. The lowest BCUT2D eigenvalue weighted by molar-refractivity contribution is 0.101. The molecule has 0 atom stereocenters. The predicted octanol–water partition coefficient (Wildman–Crippen LogP) is 2.67. The van der Waals surface area contributed by atoms with E-state index in [1.807, 2.05) is 12.1 Å². The lowest BCUT2D eigenvalue weighted by Gasteiger charge is -2.33. The topological polar surface area (TPSA) is 23.6 Å². The molecule has 2 aliphatic rings. The SMILES string of the molecule is CN1CCN(CC2=Cc3cccc4cccc(c34)C2=O)CC1. The molecule has 0 bridgehead atoms. The van der Waals surface area contributed by atoms with Crippen molar-refractivity contribution in [3.8, 4) is 0 Å². The van der Waals surface area contributed by atoms with Gasteiger partial charge in [-0.1, -0.05) is 36.4 Å². The van der Waals surface area contributed by atoms with Crippen LogP contribution in [0.4, 0.5) is 0 Å². The fourth-order valence-corrected chi connectivity index (χ4v) is 3.47. The zero-order valence-electron chi connectivity index (χ0n) is 12.9. The molecule has 1 fully saturated rings. The van der Waals surface area contributed by atoms with Gasteiger partial charge in [-0.3, -0.25) is 9.69 Å². The summed E-state index contributed by atoms with van der Waals surface area (Å²) in [7, 11) is 2.15. The third-order valence-electron chi connectivity index (χ3n) is 4.79. The van der Waals surface area contributed by atoms with Gasteiger partial charge in [-0.05, 0) is 24.1 Å². The summed E-state index contributed by atoms with van der Waals surface area (Å²) >= 11 is 0. The summed E-state index contributed by atoms with van der Waals surface area (Å²) in [5, 5.41) is 2.26. The Kier molecular flexibility index (Phi) is 3.32. The first kappa shape index (κ1) is 13.7. The van der Waals surface area contributed by atoms with Crippen molar-refractivity contribution in [3.05, 3.63) is 53.1 Å².